The number of thiazole rings is 1. The average molecular weight is 415 g/mol. The lowest BCUT2D eigenvalue weighted by atomic mass is 9.92. The van der Waals surface area contributed by atoms with E-state index in [1.165, 1.54) is 11.3 Å². The van der Waals surface area contributed by atoms with Crippen LogP contribution >= 0.6 is 11.3 Å². The van der Waals surface area contributed by atoms with Crippen molar-refractivity contribution in [3.8, 4) is 0 Å². The van der Waals surface area contributed by atoms with Crippen molar-refractivity contribution in [1.29, 1.82) is 0 Å². The first-order chi connectivity index (χ1) is 14.0. The first-order valence-corrected chi connectivity index (χ1v) is 10.8. The summed E-state index contributed by atoms with van der Waals surface area (Å²) in [6.07, 6.45) is 4.06. The minimum atomic E-state index is -0.334. The molecule has 1 N–H and O–H groups in total. The minimum absolute atomic E-state index is 0.0571. The molecule has 0 saturated carbocycles. The smallest absolute Gasteiger partial charge is 0.265 e. The minimum Gasteiger partial charge on any atom is -0.359 e. The summed E-state index contributed by atoms with van der Waals surface area (Å²) in [7, 11) is 1.64. The van der Waals surface area contributed by atoms with Crippen LogP contribution in [0.2, 0.25) is 0 Å². The number of carbonyl (C=O) groups excluding carboxylic acids is 2. The molecule has 2 aromatic heterocycles. The first-order valence-electron chi connectivity index (χ1n) is 10.0. The number of hydrogen-bond donors (Lipinski definition) is 1. The van der Waals surface area contributed by atoms with Gasteiger partial charge in [-0.05, 0) is 32.8 Å². The third-order valence-electron chi connectivity index (χ3n) is 5.72. The first kappa shape index (κ1) is 19.8. The summed E-state index contributed by atoms with van der Waals surface area (Å²) in [4.78, 5) is 43.9. The van der Waals surface area contributed by atoms with Crippen LogP contribution in [-0.2, 0) is 4.79 Å². The number of rotatable bonds is 4. The van der Waals surface area contributed by atoms with Gasteiger partial charge in [0, 0.05) is 45.3 Å². The van der Waals surface area contributed by atoms with E-state index in [0.29, 0.717) is 23.9 Å². The molecule has 0 aliphatic carbocycles. The van der Waals surface area contributed by atoms with E-state index in [9.17, 15) is 9.59 Å². The number of anilines is 1. The number of aromatic nitrogens is 3. The number of aryl methyl sites for hydroxylation is 2. The zero-order valence-corrected chi connectivity index (χ0v) is 17.8. The van der Waals surface area contributed by atoms with Crippen molar-refractivity contribution in [3.63, 3.8) is 0 Å². The van der Waals surface area contributed by atoms with E-state index in [0.717, 1.165) is 42.3 Å². The van der Waals surface area contributed by atoms with Gasteiger partial charge in [-0.15, -0.1) is 11.3 Å². The molecule has 9 heteroatoms. The summed E-state index contributed by atoms with van der Waals surface area (Å²) in [5.74, 6) is 0.105. The molecule has 0 unspecified atom stereocenters. The van der Waals surface area contributed by atoms with Gasteiger partial charge in [0.25, 0.3) is 5.91 Å². The van der Waals surface area contributed by atoms with Crippen LogP contribution in [0.4, 0.5) is 5.95 Å². The molecule has 0 bridgehead atoms. The second kappa shape index (κ2) is 8.06. The van der Waals surface area contributed by atoms with Gasteiger partial charge < -0.3 is 15.1 Å². The van der Waals surface area contributed by atoms with Gasteiger partial charge in [0.2, 0.25) is 11.9 Å². The Hall–Kier alpha value is -2.55. The van der Waals surface area contributed by atoms with Crippen LogP contribution in [0.5, 0.6) is 0 Å². The number of nitrogens with zero attached hydrogens (tertiary/aromatic N) is 5. The molecule has 0 spiro atoms. The number of likely N-dealkylation sites (tertiary alicyclic amines) is 1. The van der Waals surface area contributed by atoms with Crippen molar-refractivity contribution in [3.05, 3.63) is 33.5 Å². The molecule has 8 nitrogen and oxygen atoms in total. The van der Waals surface area contributed by atoms with Crippen LogP contribution in [0.3, 0.4) is 0 Å². The van der Waals surface area contributed by atoms with Gasteiger partial charge in [-0.25, -0.2) is 15.0 Å². The predicted octanol–water partition coefficient (Wildman–Crippen LogP) is 1.75. The summed E-state index contributed by atoms with van der Waals surface area (Å²) in [5, 5.41) is 3.62. The van der Waals surface area contributed by atoms with E-state index in [1.807, 2.05) is 19.9 Å². The molecule has 2 aromatic rings. The fourth-order valence-corrected chi connectivity index (χ4v) is 5.12. The summed E-state index contributed by atoms with van der Waals surface area (Å²) in [5.41, 5.74) is 1.57. The lowest BCUT2D eigenvalue weighted by Crippen LogP contribution is -2.33. The van der Waals surface area contributed by atoms with E-state index in [2.05, 4.69) is 20.2 Å². The molecule has 0 radical (unpaired) electrons. The maximum atomic E-state index is 13.1. The molecule has 2 aliphatic heterocycles. The molecule has 2 saturated heterocycles. The van der Waals surface area contributed by atoms with Gasteiger partial charge >= 0.3 is 0 Å². The van der Waals surface area contributed by atoms with E-state index in [4.69, 9.17) is 4.98 Å². The second-order valence-electron chi connectivity index (χ2n) is 7.66. The molecule has 29 heavy (non-hydrogen) atoms. The van der Waals surface area contributed by atoms with Crippen molar-refractivity contribution in [1.82, 2.24) is 25.2 Å². The Bertz CT molecular complexity index is 923. The molecule has 4 heterocycles. The SMILES string of the molecule is CNC(=O)[C@@H]1CN(C(=O)c2sc(C)nc2C)C[C@H]1c1ccnc(N2CCCC2)n1. The molecular formula is C20H26N6O2S. The van der Waals surface area contributed by atoms with Gasteiger partial charge in [0.05, 0.1) is 22.3 Å². The monoisotopic (exact) mass is 414 g/mol. The van der Waals surface area contributed by atoms with Gasteiger partial charge in [-0.1, -0.05) is 0 Å². The molecule has 0 aromatic carbocycles. The van der Waals surface area contributed by atoms with E-state index < -0.39 is 0 Å². The quantitative estimate of drug-likeness (QED) is 0.820. The van der Waals surface area contributed by atoms with E-state index >= 15 is 0 Å². The van der Waals surface area contributed by atoms with Crippen molar-refractivity contribution in [2.24, 2.45) is 5.92 Å². The summed E-state index contributed by atoms with van der Waals surface area (Å²) < 4.78 is 0. The third-order valence-corrected chi connectivity index (χ3v) is 6.78. The molecule has 154 valence electrons. The zero-order chi connectivity index (χ0) is 20.5. The Morgan fingerprint density at radius 1 is 1.17 bits per heavy atom. The molecular weight excluding hydrogens is 388 g/mol. The predicted molar refractivity (Wildman–Crippen MR) is 111 cm³/mol. The van der Waals surface area contributed by atoms with Gasteiger partial charge in [0.1, 0.15) is 4.88 Å². The van der Waals surface area contributed by atoms with E-state index in [-0.39, 0.29) is 23.7 Å². The van der Waals surface area contributed by atoms with Crippen LogP contribution < -0.4 is 10.2 Å². The Morgan fingerprint density at radius 2 is 1.93 bits per heavy atom. The van der Waals surface area contributed by atoms with Gasteiger partial charge in [0.15, 0.2) is 0 Å². The van der Waals surface area contributed by atoms with Crippen LogP contribution in [0.25, 0.3) is 0 Å². The highest BCUT2D eigenvalue weighted by molar-refractivity contribution is 7.13. The number of hydrogen-bond acceptors (Lipinski definition) is 7. The van der Waals surface area contributed by atoms with E-state index in [1.54, 1.807) is 18.1 Å². The number of carbonyl (C=O) groups is 2. The molecule has 2 aliphatic rings. The average Bonchev–Trinajstić information content (AvgIpc) is 3.46. The maximum Gasteiger partial charge on any atom is 0.265 e. The maximum absolute atomic E-state index is 13.1. The van der Waals surface area contributed by atoms with Crippen LogP contribution in [0, 0.1) is 19.8 Å². The Morgan fingerprint density at radius 3 is 2.59 bits per heavy atom. The lowest BCUT2D eigenvalue weighted by Gasteiger charge is -2.19. The van der Waals surface area contributed by atoms with Crippen LogP contribution in [-0.4, -0.2) is 64.9 Å². The highest BCUT2D eigenvalue weighted by Crippen LogP contribution is 2.34. The third kappa shape index (κ3) is 3.83. The standard InChI is InChI=1S/C20H26N6O2S/c1-12-17(29-13(2)23-12)19(28)26-10-14(15(11-26)18(27)21-3)16-6-7-22-20(24-16)25-8-4-5-9-25/h6-7,14-15H,4-5,8-11H2,1-3H3,(H,21,27)/t14-,15-/m1/s1. The Kier molecular flexibility index (Phi) is 5.49. The second-order valence-corrected chi connectivity index (χ2v) is 8.86. The molecule has 2 amide bonds. The number of amides is 2. The largest absolute Gasteiger partial charge is 0.359 e. The zero-order valence-electron chi connectivity index (χ0n) is 17.0. The highest BCUT2D eigenvalue weighted by Gasteiger charge is 2.42. The topological polar surface area (TPSA) is 91.3 Å². The molecule has 4 rings (SSSR count). The number of nitrogens with one attached hydrogen (secondary N) is 1. The summed E-state index contributed by atoms with van der Waals surface area (Å²) in [6.45, 7) is 6.51. The van der Waals surface area contributed by atoms with Crippen molar-refractivity contribution in [2.45, 2.75) is 32.6 Å². The van der Waals surface area contributed by atoms with Crippen molar-refractivity contribution >= 4 is 29.1 Å². The van der Waals surface area contributed by atoms with Gasteiger partial charge in [-0.2, -0.15) is 0 Å². The van der Waals surface area contributed by atoms with Crippen LogP contribution in [0.15, 0.2) is 12.3 Å². The van der Waals surface area contributed by atoms with Crippen molar-refractivity contribution < 1.29 is 9.59 Å². The fourth-order valence-electron chi connectivity index (χ4n) is 4.23. The van der Waals surface area contributed by atoms with Crippen LogP contribution in [0.1, 0.15) is 44.8 Å². The summed E-state index contributed by atoms with van der Waals surface area (Å²) >= 11 is 1.41. The Balaban J connectivity index is 1.61. The fraction of sp³-hybridized carbons (Fsp3) is 0.550. The highest BCUT2D eigenvalue weighted by atomic mass is 32.1. The Labute approximate surface area is 174 Å². The molecule has 2 fully saturated rings. The molecule has 2 atom stereocenters. The van der Waals surface area contributed by atoms with Gasteiger partial charge in [-0.3, -0.25) is 9.59 Å². The van der Waals surface area contributed by atoms with Crippen molar-refractivity contribution in [2.75, 3.05) is 38.1 Å². The lowest BCUT2D eigenvalue weighted by molar-refractivity contribution is -0.124. The summed E-state index contributed by atoms with van der Waals surface area (Å²) in [6, 6.07) is 1.87. The normalized spacial score (nSPS) is 21.6.